The molecule has 18 heavy (non-hydrogen) atoms. The summed E-state index contributed by atoms with van der Waals surface area (Å²) in [6.07, 6.45) is 5.33. The second-order valence-electron chi connectivity index (χ2n) is 6.19. The Labute approximate surface area is 110 Å². The average molecular weight is 252 g/mol. The van der Waals surface area contributed by atoms with Crippen LogP contribution in [0.3, 0.4) is 0 Å². The fourth-order valence-electron chi connectivity index (χ4n) is 3.05. The number of hydrogen-bond acceptors (Lipinski definition) is 3. The molecule has 1 heterocycles. The maximum atomic E-state index is 10.6. The number of aldehydes is 1. The molecule has 0 atom stereocenters. The average Bonchev–Trinajstić information content (AvgIpc) is 2.34. The van der Waals surface area contributed by atoms with Crippen molar-refractivity contribution in [2.75, 3.05) is 13.2 Å². The monoisotopic (exact) mass is 252 g/mol. The smallest absolute Gasteiger partial charge is 0.161 e. The van der Waals surface area contributed by atoms with Crippen molar-refractivity contribution in [3.8, 4) is 0 Å². The van der Waals surface area contributed by atoms with Crippen molar-refractivity contribution in [1.82, 2.24) is 0 Å². The topological polar surface area (TPSA) is 35.5 Å². The van der Waals surface area contributed by atoms with Crippen molar-refractivity contribution in [3.63, 3.8) is 0 Å². The van der Waals surface area contributed by atoms with Crippen LogP contribution in [0.4, 0.5) is 0 Å². The van der Waals surface area contributed by atoms with Crippen molar-refractivity contribution >= 4 is 6.29 Å². The Kier molecular flexibility index (Phi) is 4.23. The number of hydrogen-bond donors (Lipinski definition) is 0. The highest BCUT2D eigenvalue weighted by Crippen LogP contribution is 2.42. The molecule has 0 bridgehead atoms. The summed E-state index contributed by atoms with van der Waals surface area (Å²) in [5, 5.41) is 0. The predicted molar refractivity (Wildman–Crippen MR) is 70.2 cm³/mol. The second kappa shape index (κ2) is 5.54. The van der Waals surface area contributed by atoms with E-state index in [1.54, 1.807) is 0 Å². The van der Waals surface area contributed by atoms with Crippen LogP contribution in [-0.4, -0.2) is 25.8 Å². The van der Waals surface area contributed by atoms with E-state index in [2.05, 4.69) is 20.8 Å². The Morgan fingerprint density at radius 3 is 2.56 bits per heavy atom. The van der Waals surface area contributed by atoms with Crippen LogP contribution in [0.1, 0.15) is 46.5 Å². The number of carbonyl (C=O) groups excluding carboxylic acids is 1. The van der Waals surface area contributed by atoms with Gasteiger partial charge in [-0.1, -0.05) is 25.0 Å². The molecule has 0 spiro atoms. The molecule has 1 saturated heterocycles. The highest BCUT2D eigenvalue weighted by molar-refractivity contribution is 5.53. The van der Waals surface area contributed by atoms with Crippen LogP contribution in [-0.2, 0) is 14.3 Å². The molecule has 1 aliphatic carbocycles. The van der Waals surface area contributed by atoms with Gasteiger partial charge in [0.1, 0.15) is 6.29 Å². The van der Waals surface area contributed by atoms with Crippen molar-refractivity contribution in [1.29, 1.82) is 0 Å². The van der Waals surface area contributed by atoms with Gasteiger partial charge in [0.05, 0.1) is 19.1 Å². The van der Waals surface area contributed by atoms with E-state index >= 15 is 0 Å². The SMILES string of the molecule is CC1=C(CC2OCC(C=O)CO2)C(C)(C)CCC1. The van der Waals surface area contributed by atoms with Gasteiger partial charge in [0.25, 0.3) is 0 Å². The van der Waals surface area contributed by atoms with Gasteiger partial charge in [-0.2, -0.15) is 0 Å². The molecule has 0 unspecified atom stereocenters. The molecule has 2 rings (SSSR count). The largest absolute Gasteiger partial charge is 0.351 e. The summed E-state index contributed by atoms with van der Waals surface area (Å²) < 4.78 is 11.3. The van der Waals surface area contributed by atoms with E-state index in [9.17, 15) is 4.79 Å². The van der Waals surface area contributed by atoms with Crippen LogP contribution in [0.5, 0.6) is 0 Å². The lowest BCUT2D eigenvalue weighted by atomic mass is 9.71. The lowest BCUT2D eigenvalue weighted by Gasteiger charge is -2.37. The Hall–Kier alpha value is -0.670. The van der Waals surface area contributed by atoms with Gasteiger partial charge in [0.15, 0.2) is 6.29 Å². The predicted octanol–water partition coefficient (Wildman–Crippen LogP) is 3.09. The zero-order valence-electron chi connectivity index (χ0n) is 11.7. The Balaban J connectivity index is 1.98. The van der Waals surface area contributed by atoms with Gasteiger partial charge in [-0.15, -0.1) is 0 Å². The molecular weight excluding hydrogens is 228 g/mol. The highest BCUT2D eigenvalue weighted by atomic mass is 16.7. The van der Waals surface area contributed by atoms with Crippen LogP contribution in [0.25, 0.3) is 0 Å². The third-order valence-corrected chi connectivity index (χ3v) is 4.24. The van der Waals surface area contributed by atoms with E-state index in [1.165, 1.54) is 30.4 Å². The zero-order chi connectivity index (χ0) is 13.2. The van der Waals surface area contributed by atoms with Crippen molar-refractivity contribution in [3.05, 3.63) is 11.1 Å². The number of ether oxygens (including phenoxy) is 2. The first-order chi connectivity index (χ1) is 8.53. The van der Waals surface area contributed by atoms with Crippen LogP contribution in [0.15, 0.2) is 11.1 Å². The Morgan fingerprint density at radius 2 is 2.00 bits per heavy atom. The second-order valence-corrected chi connectivity index (χ2v) is 6.19. The van der Waals surface area contributed by atoms with E-state index in [1.807, 2.05) is 0 Å². The van der Waals surface area contributed by atoms with E-state index in [0.717, 1.165) is 12.7 Å². The standard InChI is InChI=1S/C15H24O3/c1-11-5-4-6-15(2,3)13(11)7-14-17-9-12(8-16)10-18-14/h8,12,14H,4-7,9-10H2,1-3H3. The normalized spacial score (nSPS) is 32.4. The van der Waals surface area contributed by atoms with Crippen LogP contribution < -0.4 is 0 Å². The molecule has 0 radical (unpaired) electrons. The Bertz CT molecular complexity index is 336. The molecule has 0 aromatic rings. The Morgan fingerprint density at radius 1 is 1.33 bits per heavy atom. The van der Waals surface area contributed by atoms with Gasteiger partial charge in [0, 0.05) is 6.42 Å². The van der Waals surface area contributed by atoms with Crippen molar-refractivity contribution < 1.29 is 14.3 Å². The molecular formula is C15H24O3. The van der Waals surface area contributed by atoms with E-state index in [0.29, 0.717) is 13.2 Å². The van der Waals surface area contributed by atoms with E-state index in [4.69, 9.17) is 9.47 Å². The third kappa shape index (κ3) is 3.01. The maximum absolute atomic E-state index is 10.6. The van der Waals surface area contributed by atoms with Crippen LogP contribution >= 0.6 is 0 Å². The summed E-state index contributed by atoms with van der Waals surface area (Å²) in [5.74, 6) is -0.0873. The van der Waals surface area contributed by atoms with Gasteiger partial charge in [-0.25, -0.2) is 0 Å². The number of allylic oxidation sites excluding steroid dienone is 1. The van der Waals surface area contributed by atoms with Gasteiger partial charge in [-0.3, -0.25) is 0 Å². The first kappa shape index (κ1) is 13.8. The molecule has 2 aliphatic rings. The maximum Gasteiger partial charge on any atom is 0.161 e. The van der Waals surface area contributed by atoms with Crippen molar-refractivity contribution in [2.45, 2.75) is 52.7 Å². The summed E-state index contributed by atoms with van der Waals surface area (Å²) in [6, 6.07) is 0. The molecule has 3 heteroatoms. The fourth-order valence-corrected chi connectivity index (χ4v) is 3.05. The molecule has 1 aliphatic heterocycles. The molecule has 3 nitrogen and oxygen atoms in total. The molecule has 0 aromatic heterocycles. The van der Waals surface area contributed by atoms with E-state index in [-0.39, 0.29) is 17.6 Å². The zero-order valence-corrected chi connectivity index (χ0v) is 11.7. The first-order valence-corrected chi connectivity index (χ1v) is 6.90. The van der Waals surface area contributed by atoms with Gasteiger partial charge >= 0.3 is 0 Å². The summed E-state index contributed by atoms with van der Waals surface area (Å²) in [7, 11) is 0. The minimum atomic E-state index is -0.163. The fraction of sp³-hybridized carbons (Fsp3) is 0.800. The molecule has 0 N–H and O–H groups in total. The van der Waals surface area contributed by atoms with Crippen LogP contribution in [0, 0.1) is 11.3 Å². The molecule has 0 saturated carbocycles. The van der Waals surface area contributed by atoms with Gasteiger partial charge < -0.3 is 14.3 Å². The number of rotatable bonds is 3. The minimum absolute atomic E-state index is 0.0873. The first-order valence-electron chi connectivity index (χ1n) is 6.90. The van der Waals surface area contributed by atoms with Crippen LogP contribution in [0.2, 0.25) is 0 Å². The molecule has 0 aromatic carbocycles. The van der Waals surface area contributed by atoms with E-state index < -0.39 is 0 Å². The summed E-state index contributed by atoms with van der Waals surface area (Å²) >= 11 is 0. The quantitative estimate of drug-likeness (QED) is 0.572. The molecule has 0 amide bonds. The van der Waals surface area contributed by atoms with Gasteiger partial charge in [-0.05, 0) is 31.6 Å². The number of carbonyl (C=O) groups is 1. The summed E-state index contributed by atoms with van der Waals surface area (Å²) in [4.78, 5) is 10.6. The molecule has 1 fully saturated rings. The lowest BCUT2D eigenvalue weighted by Crippen LogP contribution is -2.35. The highest BCUT2D eigenvalue weighted by Gasteiger charge is 2.32. The van der Waals surface area contributed by atoms with Gasteiger partial charge in [0.2, 0.25) is 0 Å². The third-order valence-electron chi connectivity index (χ3n) is 4.24. The lowest BCUT2D eigenvalue weighted by molar-refractivity contribution is -0.197. The minimum Gasteiger partial charge on any atom is -0.351 e. The summed E-state index contributed by atoms with van der Waals surface area (Å²) in [6.45, 7) is 7.85. The van der Waals surface area contributed by atoms with Crippen molar-refractivity contribution in [2.24, 2.45) is 11.3 Å². The summed E-state index contributed by atoms with van der Waals surface area (Å²) in [5.41, 5.74) is 3.25. The molecule has 102 valence electrons.